The maximum Gasteiger partial charge on any atom is 0.0890 e. The monoisotopic (exact) mass is 243 g/mol. The van der Waals surface area contributed by atoms with Crippen molar-refractivity contribution < 1.29 is 5.11 Å². The molecule has 1 fully saturated rings. The molecule has 1 aliphatic heterocycles. The topological polar surface area (TPSA) is 58.0 Å². The summed E-state index contributed by atoms with van der Waals surface area (Å²) in [6, 6.07) is 7.81. The molecule has 1 aromatic carbocycles. The van der Waals surface area contributed by atoms with Crippen LogP contribution < -0.4 is 5.32 Å². The summed E-state index contributed by atoms with van der Waals surface area (Å²) in [5.41, 5.74) is 1.98. The number of β-amino-alcohol motifs (C(OH)–C–C–N with tert-alkyl or cyclic N) is 1. The lowest BCUT2D eigenvalue weighted by Crippen LogP contribution is -2.47. The molecule has 1 unspecified atom stereocenters. The van der Waals surface area contributed by atoms with Gasteiger partial charge in [-0.2, -0.15) is 0 Å². The van der Waals surface area contributed by atoms with Crippen LogP contribution in [0, 0.1) is 0 Å². The second-order valence-corrected chi connectivity index (χ2v) is 5.03. The first-order chi connectivity index (χ1) is 8.75. The number of fused-ring (bicyclic) bond motifs is 1. The lowest BCUT2D eigenvalue weighted by molar-refractivity contribution is 0.0161. The highest BCUT2D eigenvalue weighted by Gasteiger charge is 2.29. The zero-order chi connectivity index (χ0) is 12.4. The second-order valence-electron chi connectivity index (χ2n) is 5.03. The van der Waals surface area contributed by atoms with Gasteiger partial charge in [-0.15, -0.1) is 0 Å². The van der Waals surface area contributed by atoms with Crippen LogP contribution in [-0.2, 0) is 6.42 Å². The molecule has 0 bridgehead atoms. The molecule has 2 heterocycles. The van der Waals surface area contributed by atoms with E-state index in [0.717, 1.165) is 36.1 Å². The molecule has 1 saturated heterocycles. The number of hydrogen-bond donors (Lipinski definition) is 2. The number of piperidine rings is 1. The van der Waals surface area contributed by atoms with E-state index in [1.54, 1.807) is 6.20 Å². The van der Waals surface area contributed by atoms with Gasteiger partial charge in [-0.1, -0.05) is 12.1 Å². The summed E-state index contributed by atoms with van der Waals surface area (Å²) in [5.74, 6) is 0. The molecule has 3 rings (SSSR count). The number of nitrogens with zero attached hydrogens (tertiary/aromatic N) is 2. The maximum atomic E-state index is 10.5. The summed E-state index contributed by atoms with van der Waals surface area (Å²) in [7, 11) is 0. The fourth-order valence-corrected chi connectivity index (χ4v) is 2.52. The Balaban J connectivity index is 1.85. The Kier molecular flexibility index (Phi) is 2.97. The highest BCUT2D eigenvalue weighted by Crippen LogP contribution is 2.21. The van der Waals surface area contributed by atoms with Gasteiger partial charge < -0.3 is 10.4 Å². The van der Waals surface area contributed by atoms with E-state index in [4.69, 9.17) is 0 Å². The van der Waals surface area contributed by atoms with Crippen molar-refractivity contribution in [3.63, 3.8) is 0 Å². The van der Waals surface area contributed by atoms with E-state index in [-0.39, 0.29) is 0 Å². The van der Waals surface area contributed by atoms with Gasteiger partial charge in [0.25, 0.3) is 0 Å². The highest BCUT2D eigenvalue weighted by atomic mass is 16.3. The molecule has 4 nitrogen and oxygen atoms in total. The molecule has 0 amide bonds. The quantitative estimate of drug-likeness (QED) is 0.834. The van der Waals surface area contributed by atoms with Crippen LogP contribution >= 0.6 is 0 Å². The van der Waals surface area contributed by atoms with E-state index in [0.29, 0.717) is 13.0 Å². The predicted octanol–water partition coefficient (Wildman–Crippen LogP) is 1.29. The molecule has 0 saturated carbocycles. The molecule has 1 aliphatic rings. The predicted molar refractivity (Wildman–Crippen MR) is 70.3 cm³/mol. The molecule has 2 N–H and O–H groups in total. The van der Waals surface area contributed by atoms with Crippen molar-refractivity contribution in [2.45, 2.75) is 24.9 Å². The average molecular weight is 243 g/mol. The molecule has 0 aliphatic carbocycles. The van der Waals surface area contributed by atoms with Crippen LogP contribution in [0.5, 0.6) is 0 Å². The Labute approximate surface area is 106 Å². The SMILES string of the molecule is OC1(Cc2cnc3ccccc3n2)CCCNC1. The van der Waals surface area contributed by atoms with Gasteiger partial charge in [0.05, 0.1) is 22.3 Å². The van der Waals surface area contributed by atoms with Crippen molar-refractivity contribution in [1.29, 1.82) is 0 Å². The Bertz CT molecular complexity index is 549. The number of rotatable bonds is 2. The minimum absolute atomic E-state index is 0.567. The number of aliphatic hydroxyl groups is 1. The van der Waals surface area contributed by atoms with Crippen LogP contribution in [0.25, 0.3) is 11.0 Å². The molecule has 1 atom stereocenters. The van der Waals surface area contributed by atoms with Crippen molar-refractivity contribution in [3.8, 4) is 0 Å². The zero-order valence-corrected chi connectivity index (χ0v) is 10.3. The standard InChI is InChI=1S/C14H17N3O/c18-14(6-3-7-15-10-14)8-11-9-16-12-4-1-2-5-13(12)17-11/h1-2,4-5,9,15,18H,3,6-8,10H2. The van der Waals surface area contributed by atoms with E-state index in [9.17, 15) is 5.11 Å². The molecule has 4 heteroatoms. The number of aromatic nitrogens is 2. The Morgan fingerprint density at radius 1 is 1.28 bits per heavy atom. The van der Waals surface area contributed by atoms with Crippen LogP contribution in [0.15, 0.2) is 30.5 Å². The summed E-state index contributed by atoms with van der Waals surface area (Å²) in [6.45, 7) is 1.63. The second kappa shape index (κ2) is 4.63. The Morgan fingerprint density at radius 3 is 2.89 bits per heavy atom. The van der Waals surface area contributed by atoms with Crippen molar-refractivity contribution in [3.05, 3.63) is 36.2 Å². The fourth-order valence-electron chi connectivity index (χ4n) is 2.52. The van der Waals surface area contributed by atoms with Gasteiger partial charge in [-0.3, -0.25) is 4.98 Å². The van der Waals surface area contributed by atoms with E-state index in [2.05, 4.69) is 15.3 Å². The van der Waals surface area contributed by atoms with Crippen LogP contribution in [0.2, 0.25) is 0 Å². The summed E-state index contributed by atoms with van der Waals surface area (Å²) >= 11 is 0. The van der Waals surface area contributed by atoms with Crippen molar-refractivity contribution in [2.24, 2.45) is 0 Å². The van der Waals surface area contributed by atoms with E-state index in [1.165, 1.54) is 0 Å². The number of hydrogen-bond acceptors (Lipinski definition) is 4. The summed E-state index contributed by atoms with van der Waals surface area (Å²) < 4.78 is 0. The minimum Gasteiger partial charge on any atom is -0.388 e. The molecule has 0 radical (unpaired) electrons. The number of nitrogens with one attached hydrogen (secondary N) is 1. The lowest BCUT2D eigenvalue weighted by Gasteiger charge is -2.32. The van der Waals surface area contributed by atoms with Gasteiger partial charge >= 0.3 is 0 Å². The molecule has 94 valence electrons. The normalized spacial score (nSPS) is 24.3. The Morgan fingerprint density at radius 2 is 2.11 bits per heavy atom. The van der Waals surface area contributed by atoms with Crippen molar-refractivity contribution >= 4 is 11.0 Å². The third-order valence-electron chi connectivity index (χ3n) is 3.46. The lowest BCUT2D eigenvalue weighted by atomic mass is 9.89. The largest absolute Gasteiger partial charge is 0.388 e. The first-order valence-corrected chi connectivity index (χ1v) is 6.39. The van der Waals surface area contributed by atoms with Gasteiger partial charge in [0, 0.05) is 19.2 Å². The summed E-state index contributed by atoms with van der Waals surface area (Å²) in [4.78, 5) is 8.95. The van der Waals surface area contributed by atoms with Crippen LogP contribution in [0.1, 0.15) is 18.5 Å². The fraction of sp³-hybridized carbons (Fsp3) is 0.429. The summed E-state index contributed by atoms with van der Waals surface area (Å²) in [6.07, 6.45) is 4.18. The molecule has 2 aromatic rings. The van der Waals surface area contributed by atoms with Gasteiger partial charge in [0.1, 0.15) is 0 Å². The molecule has 1 aromatic heterocycles. The molecular weight excluding hydrogens is 226 g/mol. The van der Waals surface area contributed by atoms with Crippen molar-refractivity contribution in [1.82, 2.24) is 15.3 Å². The highest BCUT2D eigenvalue weighted by molar-refractivity contribution is 5.73. The van der Waals surface area contributed by atoms with Gasteiger partial charge in [-0.25, -0.2) is 4.98 Å². The summed E-state index contributed by atoms with van der Waals surface area (Å²) in [5, 5.41) is 13.7. The first-order valence-electron chi connectivity index (χ1n) is 6.39. The van der Waals surface area contributed by atoms with Gasteiger partial charge in [-0.05, 0) is 31.5 Å². The van der Waals surface area contributed by atoms with Crippen molar-refractivity contribution in [2.75, 3.05) is 13.1 Å². The minimum atomic E-state index is -0.671. The molecule has 0 spiro atoms. The third kappa shape index (κ3) is 2.35. The van der Waals surface area contributed by atoms with E-state index < -0.39 is 5.60 Å². The van der Waals surface area contributed by atoms with Gasteiger partial charge in [0.15, 0.2) is 0 Å². The van der Waals surface area contributed by atoms with Crippen LogP contribution in [0.3, 0.4) is 0 Å². The average Bonchev–Trinajstić information content (AvgIpc) is 2.39. The smallest absolute Gasteiger partial charge is 0.0890 e. The number of para-hydroxylation sites is 2. The molecule has 18 heavy (non-hydrogen) atoms. The molecular formula is C14H17N3O. The Hall–Kier alpha value is -1.52. The third-order valence-corrected chi connectivity index (χ3v) is 3.46. The number of benzene rings is 1. The van der Waals surface area contributed by atoms with E-state index >= 15 is 0 Å². The van der Waals surface area contributed by atoms with E-state index in [1.807, 2.05) is 24.3 Å². The van der Waals surface area contributed by atoms with Crippen LogP contribution in [-0.4, -0.2) is 33.8 Å². The van der Waals surface area contributed by atoms with Gasteiger partial charge in [0.2, 0.25) is 0 Å². The van der Waals surface area contributed by atoms with Crippen LogP contribution in [0.4, 0.5) is 0 Å². The first kappa shape index (κ1) is 11.6. The maximum absolute atomic E-state index is 10.5. The zero-order valence-electron chi connectivity index (χ0n) is 10.3.